The van der Waals surface area contributed by atoms with Gasteiger partial charge in [-0.1, -0.05) is 29.3 Å². The van der Waals surface area contributed by atoms with Crippen molar-refractivity contribution in [2.24, 2.45) is 5.10 Å². The van der Waals surface area contributed by atoms with E-state index in [1.165, 1.54) is 0 Å². The van der Waals surface area contributed by atoms with E-state index in [-0.39, 0.29) is 5.91 Å². The van der Waals surface area contributed by atoms with Crippen LogP contribution < -0.4 is 5.43 Å². The van der Waals surface area contributed by atoms with Gasteiger partial charge in [-0.3, -0.25) is 9.20 Å². The van der Waals surface area contributed by atoms with Gasteiger partial charge in [-0.25, -0.2) is 10.4 Å². The van der Waals surface area contributed by atoms with E-state index in [9.17, 15) is 4.79 Å². The second kappa shape index (κ2) is 8.21. The number of nitrogens with one attached hydrogen (secondary N) is 1. The maximum atomic E-state index is 12.8. The molecule has 1 amide bonds. The summed E-state index contributed by atoms with van der Waals surface area (Å²) >= 11 is 12.3. The first-order valence-electron chi connectivity index (χ1n) is 9.68. The zero-order valence-corrected chi connectivity index (χ0v) is 19.1. The summed E-state index contributed by atoms with van der Waals surface area (Å²) in [4.78, 5) is 17.2. The molecule has 0 saturated heterocycles. The number of fused-ring (bicyclic) bond motifs is 1. The Morgan fingerprint density at radius 3 is 2.48 bits per heavy atom. The number of pyridine rings is 1. The van der Waals surface area contributed by atoms with E-state index in [0.717, 1.165) is 33.8 Å². The van der Waals surface area contributed by atoms with E-state index in [4.69, 9.17) is 23.2 Å². The Hall–Kier alpha value is -3.09. The molecule has 4 rings (SSSR count). The molecule has 1 N–H and O–H groups in total. The van der Waals surface area contributed by atoms with E-state index < -0.39 is 0 Å². The van der Waals surface area contributed by atoms with E-state index in [0.29, 0.717) is 21.4 Å². The lowest BCUT2D eigenvalue weighted by molar-refractivity contribution is 0.0948. The van der Waals surface area contributed by atoms with Gasteiger partial charge in [0.05, 0.1) is 11.9 Å². The molecule has 0 spiro atoms. The minimum Gasteiger partial charge on any atom is -0.318 e. The molecule has 0 fully saturated rings. The number of rotatable bonds is 4. The van der Waals surface area contributed by atoms with Crippen LogP contribution in [0.4, 0.5) is 0 Å². The molecule has 1 aromatic carbocycles. The summed E-state index contributed by atoms with van der Waals surface area (Å²) < 4.78 is 3.82. The topological polar surface area (TPSA) is 63.7 Å². The first-order chi connectivity index (χ1) is 14.7. The van der Waals surface area contributed by atoms with Crippen molar-refractivity contribution in [1.29, 1.82) is 0 Å². The molecule has 4 aromatic rings. The molecule has 0 radical (unpaired) electrons. The molecular weight excluding hydrogens is 433 g/mol. The quantitative estimate of drug-likeness (QED) is 0.330. The zero-order valence-electron chi connectivity index (χ0n) is 17.6. The monoisotopic (exact) mass is 453 g/mol. The van der Waals surface area contributed by atoms with Gasteiger partial charge in [0.15, 0.2) is 0 Å². The van der Waals surface area contributed by atoms with Crippen LogP contribution in [0, 0.1) is 27.7 Å². The molecule has 0 bridgehead atoms. The summed E-state index contributed by atoms with van der Waals surface area (Å²) in [7, 11) is 0. The molecule has 31 heavy (non-hydrogen) atoms. The average molecular weight is 454 g/mol. The third-order valence-electron chi connectivity index (χ3n) is 5.10. The molecule has 3 heterocycles. The molecule has 8 heteroatoms. The van der Waals surface area contributed by atoms with Crippen molar-refractivity contribution in [2.45, 2.75) is 27.7 Å². The number of amides is 1. The van der Waals surface area contributed by atoms with Crippen molar-refractivity contribution in [2.75, 3.05) is 0 Å². The molecule has 0 aliphatic rings. The Labute approximate surface area is 190 Å². The Balaban J connectivity index is 1.60. The van der Waals surface area contributed by atoms with Gasteiger partial charge in [0.25, 0.3) is 5.91 Å². The van der Waals surface area contributed by atoms with Gasteiger partial charge < -0.3 is 4.57 Å². The molecule has 0 aliphatic heterocycles. The number of aromatic nitrogens is 3. The molecular formula is C23H21Cl2N5O. The van der Waals surface area contributed by atoms with Crippen molar-refractivity contribution in [3.05, 3.63) is 86.5 Å². The lowest BCUT2D eigenvalue weighted by atomic mass is 10.2. The molecule has 3 aromatic heterocycles. The second-order valence-electron chi connectivity index (χ2n) is 7.47. The third kappa shape index (κ3) is 4.09. The smallest absolute Gasteiger partial charge is 0.290 e. The lowest BCUT2D eigenvalue weighted by Gasteiger charge is -2.10. The van der Waals surface area contributed by atoms with Crippen LogP contribution in [0.3, 0.4) is 0 Å². The fourth-order valence-corrected chi connectivity index (χ4v) is 4.25. The average Bonchev–Trinajstić information content (AvgIpc) is 3.15. The largest absolute Gasteiger partial charge is 0.318 e. The van der Waals surface area contributed by atoms with Gasteiger partial charge in [-0.15, -0.1) is 0 Å². The van der Waals surface area contributed by atoms with Crippen LogP contribution in [0.1, 0.15) is 38.7 Å². The van der Waals surface area contributed by atoms with Crippen LogP contribution in [0.5, 0.6) is 0 Å². The van der Waals surface area contributed by atoms with Crippen molar-refractivity contribution >= 4 is 41.0 Å². The predicted molar refractivity (Wildman–Crippen MR) is 125 cm³/mol. The number of halogens is 2. The molecule has 0 atom stereocenters. The summed E-state index contributed by atoms with van der Waals surface area (Å²) in [5.41, 5.74) is 9.19. The van der Waals surface area contributed by atoms with Gasteiger partial charge >= 0.3 is 0 Å². The summed E-state index contributed by atoms with van der Waals surface area (Å²) in [5, 5.41) is 5.31. The summed E-state index contributed by atoms with van der Waals surface area (Å²) in [5.74, 6) is -0.317. The standard InChI is InChI=1S/C23H21Cl2N5O/c1-13-5-6-21-27-15(3)22(29(21)12-13)23(31)28-26-11-17-7-14(2)30(16(17)4)20-9-18(24)8-19(25)10-20/h5-12H,1-4H3,(H,28,31)/b26-11-. The highest BCUT2D eigenvalue weighted by Crippen LogP contribution is 2.26. The van der Waals surface area contributed by atoms with Gasteiger partial charge in [0.2, 0.25) is 0 Å². The van der Waals surface area contributed by atoms with Crippen molar-refractivity contribution in [3.63, 3.8) is 0 Å². The highest BCUT2D eigenvalue weighted by Gasteiger charge is 2.16. The molecule has 0 saturated carbocycles. The number of carbonyl (C=O) groups is 1. The number of hydrogen-bond acceptors (Lipinski definition) is 3. The highest BCUT2D eigenvalue weighted by molar-refractivity contribution is 6.34. The van der Waals surface area contributed by atoms with E-state index in [1.807, 2.05) is 68.8 Å². The number of aryl methyl sites for hydroxylation is 3. The summed E-state index contributed by atoms with van der Waals surface area (Å²) in [6, 6.07) is 11.2. The highest BCUT2D eigenvalue weighted by atomic mass is 35.5. The number of hydrogen-bond donors (Lipinski definition) is 1. The molecule has 6 nitrogen and oxygen atoms in total. The SMILES string of the molecule is Cc1ccc2nc(C)c(C(=O)N/N=C\c3cc(C)n(-c4cc(Cl)cc(Cl)c4)c3C)n2c1. The Bertz CT molecular complexity index is 1330. The maximum absolute atomic E-state index is 12.8. The van der Waals surface area contributed by atoms with Gasteiger partial charge in [-0.2, -0.15) is 5.10 Å². The van der Waals surface area contributed by atoms with Crippen LogP contribution in [0.25, 0.3) is 11.3 Å². The van der Waals surface area contributed by atoms with E-state index in [1.54, 1.807) is 16.7 Å². The van der Waals surface area contributed by atoms with Crippen LogP contribution in [-0.2, 0) is 0 Å². The van der Waals surface area contributed by atoms with Crippen molar-refractivity contribution in [1.82, 2.24) is 19.4 Å². The number of nitrogens with zero attached hydrogens (tertiary/aromatic N) is 4. The van der Waals surface area contributed by atoms with Crippen LogP contribution in [0.2, 0.25) is 10.0 Å². The van der Waals surface area contributed by atoms with E-state index in [2.05, 4.69) is 15.5 Å². The molecule has 0 aliphatic carbocycles. The third-order valence-corrected chi connectivity index (χ3v) is 5.54. The fourth-order valence-electron chi connectivity index (χ4n) is 3.74. The Morgan fingerprint density at radius 1 is 1.06 bits per heavy atom. The van der Waals surface area contributed by atoms with Gasteiger partial charge in [0.1, 0.15) is 11.3 Å². The number of hydrazone groups is 1. The lowest BCUT2D eigenvalue weighted by Crippen LogP contribution is -2.20. The van der Waals surface area contributed by atoms with Gasteiger partial charge in [0, 0.05) is 38.9 Å². The fraction of sp³-hybridized carbons (Fsp3) is 0.174. The van der Waals surface area contributed by atoms with Crippen LogP contribution in [-0.4, -0.2) is 26.1 Å². The molecule has 0 unspecified atom stereocenters. The number of carbonyl (C=O) groups excluding carboxylic acids is 1. The first kappa shape index (κ1) is 21.2. The predicted octanol–water partition coefficient (Wildman–Crippen LogP) is 5.43. The number of benzene rings is 1. The van der Waals surface area contributed by atoms with E-state index >= 15 is 0 Å². The first-order valence-corrected chi connectivity index (χ1v) is 10.4. The normalized spacial score (nSPS) is 11.5. The van der Waals surface area contributed by atoms with Crippen LogP contribution in [0.15, 0.2) is 47.7 Å². The zero-order chi connectivity index (χ0) is 22.3. The van der Waals surface area contributed by atoms with Gasteiger partial charge in [-0.05, 0) is 63.6 Å². The van der Waals surface area contributed by atoms with Crippen LogP contribution >= 0.6 is 23.2 Å². The minimum absolute atomic E-state index is 0.317. The Kier molecular flexibility index (Phi) is 5.60. The summed E-state index contributed by atoms with van der Waals surface area (Å²) in [6.45, 7) is 7.74. The number of imidazole rings is 1. The minimum atomic E-state index is -0.317. The van der Waals surface area contributed by atoms with Crippen molar-refractivity contribution < 1.29 is 4.79 Å². The second-order valence-corrected chi connectivity index (χ2v) is 8.34. The maximum Gasteiger partial charge on any atom is 0.290 e. The molecule has 158 valence electrons. The Morgan fingerprint density at radius 2 is 1.77 bits per heavy atom. The summed E-state index contributed by atoms with van der Waals surface area (Å²) in [6.07, 6.45) is 3.52. The van der Waals surface area contributed by atoms with Crippen molar-refractivity contribution in [3.8, 4) is 5.69 Å².